The Bertz CT molecular complexity index is 542. The van der Waals surface area contributed by atoms with Crippen LogP contribution in [0.2, 0.25) is 0 Å². The van der Waals surface area contributed by atoms with E-state index >= 15 is 0 Å². The van der Waals surface area contributed by atoms with Gasteiger partial charge in [-0.2, -0.15) is 0 Å². The maximum atomic E-state index is 13.8. The molecule has 1 aliphatic rings. The van der Waals surface area contributed by atoms with Crippen molar-refractivity contribution < 1.29 is 14.3 Å². The lowest BCUT2D eigenvalue weighted by atomic mass is 10.0. The summed E-state index contributed by atoms with van der Waals surface area (Å²) in [7, 11) is 0. The highest BCUT2D eigenvalue weighted by Crippen LogP contribution is 2.29. The fourth-order valence-electron chi connectivity index (χ4n) is 3.19. The summed E-state index contributed by atoms with van der Waals surface area (Å²) in [5.74, 6) is -0.280. The quantitative estimate of drug-likeness (QED) is 0.749. The molecule has 1 unspecified atom stereocenters. The lowest BCUT2D eigenvalue weighted by Gasteiger charge is -2.34. The predicted octanol–water partition coefficient (Wildman–Crippen LogP) is 3.54. The van der Waals surface area contributed by atoms with E-state index in [4.69, 9.17) is 0 Å². The molecule has 5 heteroatoms. The molecule has 2 N–H and O–H groups in total. The molecule has 134 valence electrons. The number of amides is 1. The van der Waals surface area contributed by atoms with Gasteiger partial charge in [-0.05, 0) is 44.4 Å². The summed E-state index contributed by atoms with van der Waals surface area (Å²) in [6.45, 7) is 5.50. The van der Waals surface area contributed by atoms with Crippen LogP contribution in [0.25, 0.3) is 0 Å². The van der Waals surface area contributed by atoms with Gasteiger partial charge in [0.1, 0.15) is 5.82 Å². The molecule has 0 aliphatic carbocycles. The molecule has 1 heterocycles. The Morgan fingerprint density at radius 1 is 1.38 bits per heavy atom. The average molecular weight is 336 g/mol. The molecule has 2 rings (SSSR count). The molecule has 0 aromatic heterocycles. The van der Waals surface area contributed by atoms with Crippen molar-refractivity contribution in [3.8, 4) is 0 Å². The Kier molecular flexibility index (Phi) is 7.03. The Morgan fingerprint density at radius 3 is 2.75 bits per heavy atom. The molecule has 0 bridgehead atoms. The standard InChI is InChI=1S/C19H29FN2O2/c1-3-4-5-6-19(24)21-14(2)17-13-15(20)7-8-18(17)22-11-9-16(23)10-12-22/h7-8,13-14,16,23H,3-6,9-12H2,1-2H3,(H,21,24). The fourth-order valence-corrected chi connectivity index (χ4v) is 3.19. The number of nitrogens with one attached hydrogen (secondary N) is 1. The molecule has 1 saturated heterocycles. The number of halogens is 1. The minimum absolute atomic E-state index is 0.0141. The van der Waals surface area contributed by atoms with E-state index in [-0.39, 0.29) is 23.9 Å². The van der Waals surface area contributed by atoms with Gasteiger partial charge in [-0.25, -0.2) is 4.39 Å². The van der Waals surface area contributed by atoms with Crippen molar-refractivity contribution in [1.29, 1.82) is 0 Å². The Hall–Kier alpha value is -1.62. The van der Waals surface area contributed by atoms with Gasteiger partial charge in [0.15, 0.2) is 0 Å². The molecule has 1 aromatic carbocycles. The first-order valence-corrected chi connectivity index (χ1v) is 9.03. The number of carbonyl (C=O) groups excluding carboxylic acids is 1. The predicted molar refractivity (Wildman–Crippen MR) is 94.6 cm³/mol. The van der Waals surface area contributed by atoms with Gasteiger partial charge in [-0.15, -0.1) is 0 Å². The van der Waals surface area contributed by atoms with Crippen molar-refractivity contribution in [3.05, 3.63) is 29.6 Å². The van der Waals surface area contributed by atoms with E-state index < -0.39 is 0 Å². The Balaban J connectivity index is 2.07. The molecule has 24 heavy (non-hydrogen) atoms. The van der Waals surface area contributed by atoms with Crippen molar-refractivity contribution in [1.82, 2.24) is 5.32 Å². The number of nitrogens with zero attached hydrogens (tertiary/aromatic N) is 1. The fraction of sp³-hybridized carbons (Fsp3) is 0.632. The van der Waals surface area contributed by atoms with Crippen LogP contribution in [0.3, 0.4) is 0 Å². The maximum absolute atomic E-state index is 13.8. The van der Waals surface area contributed by atoms with Crippen LogP contribution in [0.1, 0.15) is 64.0 Å². The van der Waals surface area contributed by atoms with Crippen LogP contribution in [0, 0.1) is 5.82 Å². The lowest BCUT2D eigenvalue weighted by Crippen LogP contribution is -2.37. The van der Waals surface area contributed by atoms with Gasteiger partial charge in [-0.3, -0.25) is 4.79 Å². The van der Waals surface area contributed by atoms with Crippen molar-refractivity contribution in [3.63, 3.8) is 0 Å². The lowest BCUT2D eigenvalue weighted by molar-refractivity contribution is -0.121. The number of hydrogen-bond acceptors (Lipinski definition) is 3. The zero-order valence-corrected chi connectivity index (χ0v) is 14.7. The number of anilines is 1. The smallest absolute Gasteiger partial charge is 0.220 e. The molecule has 1 atom stereocenters. The zero-order chi connectivity index (χ0) is 17.5. The van der Waals surface area contributed by atoms with Crippen molar-refractivity contribution >= 4 is 11.6 Å². The van der Waals surface area contributed by atoms with Gasteiger partial charge in [0.05, 0.1) is 12.1 Å². The number of carbonyl (C=O) groups is 1. The minimum Gasteiger partial charge on any atom is -0.393 e. The molecule has 1 aliphatic heterocycles. The zero-order valence-electron chi connectivity index (χ0n) is 14.7. The van der Waals surface area contributed by atoms with Crippen LogP contribution in [0.4, 0.5) is 10.1 Å². The van der Waals surface area contributed by atoms with Crippen LogP contribution in [0.15, 0.2) is 18.2 Å². The Morgan fingerprint density at radius 2 is 2.08 bits per heavy atom. The first-order valence-electron chi connectivity index (χ1n) is 9.03. The third-order valence-electron chi connectivity index (χ3n) is 4.65. The van der Waals surface area contributed by atoms with Crippen LogP contribution >= 0.6 is 0 Å². The van der Waals surface area contributed by atoms with Gasteiger partial charge in [0.25, 0.3) is 0 Å². The second-order valence-electron chi connectivity index (χ2n) is 6.67. The Labute approximate surface area is 144 Å². The van der Waals surface area contributed by atoms with Gasteiger partial charge >= 0.3 is 0 Å². The van der Waals surface area contributed by atoms with Crippen LogP contribution in [-0.4, -0.2) is 30.2 Å². The van der Waals surface area contributed by atoms with E-state index in [1.807, 2.05) is 6.92 Å². The third kappa shape index (κ3) is 5.20. The molecule has 1 aromatic rings. The highest BCUT2D eigenvalue weighted by molar-refractivity contribution is 5.76. The van der Waals surface area contributed by atoms with Crippen LogP contribution < -0.4 is 10.2 Å². The van der Waals surface area contributed by atoms with E-state index in [9.17, 15) is 14.3 Å². The number of hydrogen-bond donors (Lipinski definition) is 2. The van der Waals surface area contributed by atoms with Crippen molar-refractivity contribution in [2.24, 2.45) is 0 Å². The molecule has 0 radical (unpaired) electrons. The van der Waals surface area contributed by atoms with E-state index in [1.165, 1.54) is 12.1 Å². The largest absolute Gasteiger partial charge is 0.393 e. The number of aliphatic hydroxyl groups excluding tert-OH is 1. The van der Waals surface area contributed by atoms with E-state index in [1.54, 1.807) is 6.07 Å². The minimum atomic E-state index is -0.294. The highest BCUT2D eigenvalue weighted by Gasteiger charge is 2.22. The van der Waals surface area contributed by atoms with Crippen molar-refractivity contribution in [2.75, 3.05) is 18.0 Å². The SMILES string of the molecule is CCCCCC(=O)NC(C)c1cc(F)ccc1N1CCC(O)CC1. The highest BCUT2D eigenvalue weighted by atomic mass is 19.1. The van der Waals surface area contributed by atoms with Gasteiger partial charge < -0.3 is 15.3 Å². The number of benzene rings is 1. The first-order chi connectivity index (χ1) is 11.5. The summed E-state index contributed by atoms with van der Waals surface area (Å²) in [4.78, 5) is 14.2. The van der Waals surface area contributed by atoms with Gasteiger partial charge in [-0.1, -0.05) is 19.8 Å². The van der Waals surface area contributed by atoms with Crippen molar-refractivity contribution in [2.45, 2.75) is 64.5 Å². The summed E-state index contributed by atoms with van der Waals surface area (Å²) >= 11 is 0. The number of piperidine rings is 1. The third-order valence-corrected chi connectivity index (χ3v) is 4.65. The molecular formula is C19H29FN2O2. The second-order valence-corrected chi connectivity index (χ2v) is 6.67. The maximum Gasteiger partial charge on any atom is 0.220 e. The van der Waals surface area contributed by atoms with Gasteiger partial charge in [0.2, 0.25) is 5.91 Å². The van der Waals surface area contributed by atoms with Gasteiger partial charge in [0, 0.05) is 30.8 Å². The first kappa shape index (κ1) is 18.7. The number of unbranched alkanes of at least 4 members (excludes halogenated alkanes) is 2. The van der Waals surface area contributed by atoms with Crippen LogP contribution in [-0.2, 0) is 4.79 Å². The van der Waals surface area contributed by atoms with E-state index in [2.05, 4.69) is 17.1 Å². The number of aliphatic hydroxyl groups is 1. The molecule has 4 nitrogen and oxygen atoms in total. The monoisotopic (exact) mass is 336 g/mol. The summed E-state index contributed by atoms with van der Waals surface area (Å²) in [6.07, 6.45) is 4.71. The second kappa shape index (κ2) is 9.02. The molecule has 0 spiro atoms. The summed E-state index contributed by atoms with van der Waals surface area (Å²) in [5.41, 5.74) is 1.75. The summed E-state index contributed by atoms with van der Waals surface area (Å²) < 4.78 is 13.8. The topological polar surface area (TPSA) is 52.6 Å². The number of rotatable bonds is 7. The summed E-state index contributed by atoms with van der Waals surface area (Å²) in [6, 6.07) is 4.51. The molecular weight excluding hydrogens is 307 g/mol. The average Bonchev–Trinajstić information content (AvgIpc) is 2.56. The van der Waals surface area contributed by atoms with E-state index in [0.717, 1.165) is 43.6 Å². The normalized spacial score (nSPS) is 16.9. The molecule has 0 saturated carbocycles. The molecule has 1 fully saturated rings. The molecule has 1 amide bonds. The van der Waals surface area contributed by atoms with Crippen LogP contribution in [0.5, 0.6) is 0 Å². The summed E-state index contributed by atoms with van der Waals surface area (Å²) in [5, 5.41) is 12.7. The van der Waals surface area contributed by atoms with E-state index in [0.29, 0.717) is 19.3 Å².